The molecule has 3 rings (SSSR count). The lowest BCUT2D eigenvalue weighted by molar-refractivity contribution is 0.392. The quantitative estimate of drug-likeness (QED) is 0.685. The average Bonchev–Trinajstić information content (AvgIpc) is 3.01. The Hall–Kier alpha value is -2.41. The number of pyridine rings is 1. The molecule has 2 aromatic heterocycles. The molecule has 10 heteroatoms. The number of nitriles is 1. The number of nitrogens with one attached hydrogen (secondary N) is 1. The second-order valence-corrected chi connectivity index (χ2v) is 8.17. The molecule has 0 atom stereocenters. The lowest BCUT2D eigenvalue weighted by Gasteiger charge is -2.11. The predicted octanol–water partition coefficient (Wildman–Crippen LogP) is 3.96. The van der Waals surface area contributed by atoms with Gasteiger partial charge in [0.05, 0.1) is 19.6 Å². The Kier molecular flexibility index (Phi) is 5.00. The molecule has 1 N–H and O–H groups in total. The topological polar surface area (TPSA) is 92.1 Å². The van der Waals surface area contributed by atoms with Crippen LogP contribution in [0.3, 0.4) is 0 Å². The van der Waals surface area contributed by atoms with Crippen molar-refractivity contribution in [2.75, 3.05) is 11.8 Å². The van der Waals surface area contributed by atoms with Crippen LogP contribution >= 0.6 is 22.9 Å². The Labute approximate surface area is 157 Å². The summed E-state index contributed by atoms with van der Waals surface area (Å²) in [5.74, 6) is -1.42. The van der Waals surface area contributed by atoms with Crippen molar-refractivity contribution in [1.82, 2.24) is 4.98 Å². The number of methoxy groups -OCH3 is 1. The third kappa shape index (κ3) is 3.44. The molecule has 0 amide bonds. The summed E-state index contributed by atoms with van der Waals surface area (Å²) in [6, 6.07) is 7.71. The predicted molar refractivity (Wildman–Crippen MR) is 97.7 cm³/mol. The molecule has 3 aromatic rings. The Bertz CT molecular complexity index is 1140. The van der Waals surface area contributed by atoms with Gasteiger partial charge in [-0.1, -0.05) is 17.7 Å². The van der Waals surface area contributed by atoms with Gasteiger partial charge >= 0.3 is 0 Å². The first kappa shape index (κ1) is 18.4. The minimum Gasteiger partial charge on any atom is -0.481 e. The molecule has 134 valence electrons. The highest BCUT2D eigenvalue weighted by Gasteiger charge is 2.23. The second kappa shape index (κ2) is 7.07. The van der Waals surface area contributed by atoms with Crippen LogP contribution < -0.4 is 9.46 Å². The van der Waals surface area contributed by atoms with Crippen molar-refractivity contribution >= 4 is 48.9 Å². The van der Waals surface area contributed by atoms with Crippen molar-refractivity contribution in [3.63, 3.8) is 0 Å². The van der Waals surface area contributed by atoms with Gasteiger partial charge < -0.3 is 4.74 Å². The van der Waals surface area contributed by atoms with Gasteiger partial charge in [0.15, 0.2) is 11.6 Å². The minimum atomic E-state index is -4.09. The number of aromatic nitrogens is 1. The normalized spacial score (nSPS) is 11.3. The molecule has 0 aliphatic carbocycles. The zero-order chi connectivity index (χ0) is 18.9. The summed E-state index contributed by atoms with van der Waals surface area (Å²) < 4.78 is 47.5. The van der Waals surface area contributed by atoms with E-state index in [-0.39, 0.29) is 22.8 Å². The van der Waals surface area contributed by atoms with Gasteiger partial charge in [-0.15, -0.1) is 11.3 Å². The molecule has 0 saturated carbocycles. The summed E-state index contributed by atoms with van der Waals surface area (Å²) in [4.78, 5) is 3.84. The highest BCUT2D eigenvalue weighted by molar-refractivity contribution is 7.93. The number of ether oxygens (including phenoxy) is 1. The highest BCUT2D eigenvalue weighted by atomic mass is 35.5. The van der Waals surface area contributed by atoms with Gasteiger partial charge in [0.1, 0.15) is 4.90 Å². The van der Waals surface area contributed by atoms with Crippen LogP contribution in [0.25, 0.3) is 10.1 Å². The first-order valence-corrected chi connectivity index (χ1v) is 9.89. The van der Waals surface area contributed by atoms with Gasteiger partial charge in [-0.25, -0.2) is 12.8 Å². The molecule has 0 unspecified atom stereocenters. The molecule has 2 heterocycles. The van der Waals surface area contributed by atoms with Crippen LogP contribution in [-0.2, 0) is 16.4 Å². The van der Waals surface area contributed by atoms with Crippen molar-refractivity contribution < 1.29 is 17.5 Å². The molecule has 1 aromatic carbocycles. The van der Waals surface area contributed by atoms with Crippen LogP contribution in [-0.4, -0.2) is 20.5 Å². The molecule has 26 heavy (non-hydrogen) atoms. The standard InChI is InChI=1S/C16H11ClFN3O3S2/c1-24-16-9(4-5-19)6-12(18)15(20-16)21-26(22,23)14-8-25-13-7-10(17)2-3-11(13)14/h2-3,6-8H,4H2,1H3,(H,20,21). The van der Waals surface area contributed by atoms with Crippen LogP contribution in [0.5, 0.6) is 5.88 Å². The van der Waals surface area contributed by atoms with E-state index in [4.69, 9.17) is 21.6 Å². The van der Waals surface area contributed by atoms with Gasteiger partial charge in [0, 0.05) is 26.1 Å². The van der Waals surface area contributed by atoms with E-state index in [0.29, 0.717) is 15.1 Å². The van der Waals surface area contributed by atoms with E-state index in [2.05, 4.69) is 9.71 Å². The first-order valence-electron chi connectivity index (χ1n) is 7.15. The van der Waals surface area contributed by atoms with E-state index >= 15 is 0 Å². The number of nitrogens with zero attached hydrogens (tertiary/aromatic N) is 2. The van der Waals surface area contributed by atoms with Crippen LogP contribution in [0, 0.1) is 17.1 Å². The van der Waals surface area contributed by atoms with E-state index in [1.807, 2.05) is 6.07 Å². The smallest absolute Gasteiger partial charge is 0.264 e. The fourth-order valence-electron chi connectivity index (χ4n) is 2.34. The Morgan fingerprint density at radius 3 is 2.88 bits per heavy atom. The van der Waals surface area contributed by atoms with E-state index in [1.165, 1.54) is 23.8 Å². The van der Waals surface area contributed by atoms with Gasteiger partial charge in [0.2, 0.25) is 5.88 Å². The fraction of sp³-hybridized carbons (Fsp3) is 0.125. The molecule has 0 aliphatic rings. The maximum absolute atomic E-state index is 14.3. The summed E-state index contributed by atoms with van der Waals surface area (Å²) in [5.41, 5.74) is 0.228. The molecule has 0 bridgehead atoms. The van der Waals surface area contributed by atoms with E-state index in [1.54, 1.807) is 18.2 Å². The Morgan fingerprint density at radius 1 is 1.42 bits per heavy atom. The third-order valence-corrected chi connectivity index (χ3v) is 6.21. The molecule has 6 nitrogen and oxygen atoms in total. The van der Waals surface area contributed by atoms with Gasteiger partial charge in [0.25, 0.3) is 10.0 Å². The molecule has 0 aliphatic heterocycles. The fourth-order valence-corrected chi connectivity index (χ4v) is 5.13. The second-order valence-electron chi connectivity index (χ2n) is 5.17. The summed E-state index contributed by atoms with van der Waals surface area (Å²) in [6.07, 6.45) is -0.115. The number of halogens is 2. The largest absolute Gasteiger partial charge is 0.481 e. The zero-order valence-corrected chi connectivity index (χ0v) is 15.7. The monoisotopic (exact) mass is 411 g/mol. The minimum absolute atomic E-state index is 0.00423. The maximum atomic E-state index is 14.3. The van der Waals surface area contributed by atoms with E-state index in [0.717, 1.165) is 6.07 Å². The molecule has 0 radical (unpaired) electrons. The number of thiophene rings is 1. The van der Waals surface area contributed by atoms with Crippen molar-refractivity contribution in [3.8, 4) is 11.9 Å². The lowest BCUT2D eigenvalue weighted by Crippen LogP contribution is -2.15. The van der Waals surface area contributed by atoms with Gasteiger partial charge in [-0.3, -0.25) is 4.72 Å². The molecular formula is C16H11ClFN3O3S2. The van der Waals surface area contributed by atoms with Crippen LogP contribution in [0.4, 0.5) is 10.2 Å². The van der Waals surface area contributed by atoms with Crippen LogP contribution in [0.15, 0.2) is 34.5 Å². The number of rotatable bonds is 5. The molecule has 0 spiro atoms. The number of hydrogen-bond acceptors (Lipinski definition) is 6. The van der Waals surface area contributed by atoms with Gasteiger partial charge in [-0.05, 0) is 18.2 Å². The first-order chi connectivity index (χ1) is 12.4. The van der Waals surface area contributed by atoms with Crippen molar-refractivity contribution in [3.05, 3.63) is 46.0 Å². The molecule has 0 saturated heterocycles. The maximum Gasteiger partial charge on any atom is 0.264 e. The SMILES string of the molecule is COc1nc(NS(=O)(=O)c2csc3cc(Cl)ccc23)c(F)cc1CC#N. The third-order valence-electron chi connectivity index (χ3n) is 3.50. The van der Waals surface area contributed by atoms with E-state index < -0.39 is 21.7 Å². The number of anilines is 1. The number of sulfonamides is 1. The lowest BCUT2D eigenvalue weighted by atomic mass is 10.2. The molecule has 0 fully saturated rings. The summed E-state index contributed by atoms with van der Waals surface area (Å²) in [7, 11) is -2.79. The van der Waals surface area contributed by atoms with E-state index in [9.17, 15) is 12.8 Å². The number of benzene rings is 1. The average molecular weight is 412 g/mol. The number of hydrogen-bond donors (Lipinski definition) is 1. The Balaban J connectivity index is 2.03. The summed E-state index contributed by atoms with van der Waals surface area (Å²) >= 11 is 7.12. The van der Waals surface area contributed by atoms with Crippen molar-refractivity contribution in [2.24, 2.45) is 0 Å². The van der Waals surface area contributed by atoms with Crippen molar-refractivity contribution in [2.45, 2.75) is 11.3 Å². The Morgan fingerprint density at radius 2 is 2.19 bits per heavy atom. The summed E-state index contributed by atoms with van der Waals surface area (Å²) in [5, 5.41) is 11.2. The van der Waals surface area contributed by atoms with Crippen LogP contribution in [0.1, 0.15) is 5.56 Å². The van der Waals surface area contributed by atoms with Gasteiger partial charge in [-0.2, -0.15) is 10.2 Å². The molecular weight excluding hydrogens is 401 g/mol. The van der Waals surface area contributed by atoms with Crippen LogP contribution in [0.2, 0.25) is 5.02 Å². The zero-order valence-electron chi connectivity index (χ0n) is 13.3. The van der Waals surface area contributed by atoms with Crippen molar-refractivity contribution in [1.29, 1.82) is 5.26 Å². The summed E-state index contributed by atoms with van der Waals surface area (Å²) in [6.45, 7) is 0. The number of fused-ring (bicyclic) bond motifs is 1. The highest BCUT2D eigenvalue weighted by Crippen LogP contribution is 2.33.